The van der Waals surface area contributed by atoms with E-state index >= 15 is 0 Å². The van der Waals surface area contributed by atoms with Crippen LogP contribution >= 0.6 is 11.6 Å². The third-order valence-electron chi connectivity index (χ3n) is 4.94. The molecule has 0 amide bonds. The Bertz CT molecular complexity index is 1040. The zero-order valence-corrected chi connectivity index (χ0v) is 15.0. The van der Waals surface area contributed by atoms with Gasteiger partial charge in [0.25, 0.3) is 0 Å². The van der Waals surface area contributed by atoms with Crippen molar-refractivity contribution in [3.05, 3.63) is 88.7 Å². The SMILES string of the molecule is Oc1ccccc1C1=NN2[C@H](C1)c1cc(Cl)ccc1O[C@H]2c1cccnc1. The molecule has 0 spiro atoms. The molecule has 2 aromatic carbocycles. The lowest BCUT2D eigenvalue weighted by atomic mass is 9.95. The molecule has 1 aromatic heterocycles. The lowest BCUT2D eigenvalue weighted by Gasteiger charge is -2.38. The van der Waals surface area contributed by atoms with Crippen LogP contribution in [0.1, 0.15) is 35.4 Å². The Morgan fingerprint density at radius 3 is 2.81 bits per heavy atom. The van der Waals surface area contributed by atoms with Crippen LogP contribution in [0.15, 0.2) is 72.1 Å². The number of benzene rings is 2. The van der Waals surface area contributed by atoms with Crippen LogP contribution in [0.5, 0.6) is 11.5 Å². The Hall–Kier alpha value is -3.05. The molecule has 0 bridgehead atoms. The predicted octanol–water partition coefficient (Wildman–Crippen LogP) is 4.68. The van der Waals surface area contributed by atoms with Crippen molar-refractivity contribution >= 4 is 17.3 Å². The second kappa shape index (κ2) is 6.28. The number of hydrogen-bond donors (Lipinski definition) is 1. The highest BCUT2D eigenvalue weighted by Gasteiger charge is 2.41. The molecule has 3 aromatic rings. The van der Waals surface area contributed by atoms with E-state index in [4.69, 9.17) is 21.4 Å². The van der Waals surface area contributed by atoms with Gasteiger partial charge in [0.05, 0.1) is 11.8 Å². The lowest BCUT2D eigenvalue weighted by Crippen LogP contribution is -2.33. The number of halogens is 1. The molecule has 0 radical (unpaired) electrons. The molecule has 2 aliphatic heterocycles. The maximum atomic E-state index is 10.3. The number of ether oxygens (including phenoxy) is 1. The van der Waals surface area contributed by atoms with Crippen LogP contribution in [0, 0.1) is 0 Å². The first-order valence-electron chi connectivity index (χ1n) is 8.71. The van der Waals surface area contributed by atoms with Gasteiger partial charge in [-0.25, -0.2) is 5.01 Å². The fourth-order valence-corrected chi connectivity index (χ4v) is 3.86. The maximum absolute atomic E-state index is 10.3. The number of rotatable bonds is 2. The lowest BCUT2D eigenvalue weighted by molar-refractivity contribution is -0.0192. The van der Waals surface area contributed by atoms with E-state index in [9.17, 15) is 5.11 Å². The van der Waals surface area contributed by atoms with Crippen molar-refractivity contribution in [3.8, 4) is 11.5 Å². The van der Waals surface area contributed by atoms with Crippen molar-refractivity contribution in [2.75, 3.05) is 0 Å². The zero-order valence-electron chi connectivity index (χ0n) is 14.3. The number of pyridine rings is 1. The molecule has 5 nitrogen and oxygen atoms in total. The van der Waals surface area contributed by atoms with Gasteiger partial charge in [0.1, 0.15) is 11.5 Å². The number of para-hydroxylation sites is 1. The van der Waals surface area contributed by atoms with Gasteiger partial charge in [-0.15, -0.1) is 0 Å². The normalized spacial score (nSPS) is 20.5. The highest BCUT2D eigenvalue weighted by Crippen LogP contribution is 2.48. The molecule has 0 saturated heterocycles. The van der Waals surface area contributed by atoms with Gasteiger partial charge in [0.2, 0.25) is 6.23 Å². The first kappa shape index (κ1) is 16.1. The summed E-state index contributed by atoms with van der Waals surface area (Å²) in [6, 6.07) is 16.8. The Labute approximate surface area is 161 Å². The molecule has 5 rings (SSSR count). The van der Waals surface area contributed by atoms with Crippen molar-refractivity contribution in [1.82, 2.24) is 9.99 Å². The molecule has 27 heavy (non-hydrogen) atoms. The number of hydrazone groups is 1. The summed E-state index contributed by atoms with van der Waals surface area (Å²) in [7, 11) is 0. The standard InChI is InChI=1S/C21H16ClN3O2/c22-14-7-8-20-16(10-14)18-11-17(15-5-1-2-6-19(15)26)24-25(18)21(27-20)13-4-3-9-23-12-13/h1-10,12,18,21,26H,11H2/t18-,21+/m1/s1. The zero-order chi connectivity index (χ0) is 18.4. The minimum atomic E-state index is -0.388. The predicted molar refractivity (Wildman–Crippen MR) is 103 cm³/mol. The average molecular weight is 378 g/mol. The molecule has 0 saturated carbocycles. The Morgan fingerprint density at radius 1 is 1.11 bits per heavy atom. The number of phenols is 1. The van der Waals surface area contributed by atoms with E-state index in [0.29, 0.717) is 11.4 Å². The number of hydrogen-bond acceptors (Lipinski definition) is 5. The van der Waals surface area contributed by atoms with Gasteiger partial charge >= 0.3 is 0 Å². The van der Waals surface area contributed by atoms with Crippen LogP contribution in [0.25, 0.3) is 0 Å². The van der Waals surface area contributed by atoms with Gasteiger partial charge in [-0.05, 0) is 36.4 Å². The molecule has 6 heteroatoms. The van der Waals surface area contributed by atoms with Gasteiger partial charge in [-0.2, -0.15) is 5.10 Å². The maximum Gasteiger partial charge on any atom is 0.215 e. The van der Waals surface area contributed by atoms with E-state index in [0.717, 1.165) is 28.2 Å². The molecule has 0 aliphatic carbocycles. The fourth-order valence-electron chi connectivity index (χ4n) is 3.68. The summed E-state index contributed by atoms with van der Waals surface area (Å²) in [5, 5.41) is 17.7. The minimum absolute atomic E-state index is 0.0211. The molecular weight excluding hydrogens is 362 g/mol. The molecule has 134 valence electrons. The van der Waals surface area contributed by atoms with Crippen LogP contribution < -0.4 is 4.74 Å². The van der Waals surface area contributed by atoms with Gasteiger partial charge in [-0.3, -0.25) is 4.98 Å². The topological polar surface area (TPSA) is 58.0 Å². The molecule has 0 unspecified atom stereocenters. The molecular formula is C21H16ClN3O2. The van der Waals surface area contributed by atoms with E-state index in [2.05, 4.69) is 4.98 Å². The fraction of sp³-hybridized carbons (Fsp3) is 0.143. The van der Waals surface area contributed by atoms with Gasteiger partial charge in [0, 0.05) is 40.5 Å². The highest BCUT2D eigenvalue weighted by molar-refractivity contribution is 6.30. The Balaban J connectivity index is 1.63. The molecule has 3 heterocycles. The van der Waals surface area contributed by atoms with Crippen molar-refractivity contribution < 1.29 is 9.84 Å². The summed E-state index contributed by atoms with van der Waals surface area (Å²) in [4.78, 5) is 4.22. The number of aromatic hydroxyl groups is 1. The third kappa shape index (κ3) is 2.71. The number of nitrogens with zero attached hydrogens (tertiary/aromatic N) is 3. The van der Waals surface area contributed by atoms with E-state index in [1.54, 1.807) is 24.5 Å². The highest BCUT2D eigenvalue weighted by atomic mass is 35.5. The van der Waals surface area contributed by atoms with Gasteiger partial charge < -0.3 is 9.84 Å². The second-order valence-corrected chi connectivity index (χ2v) is 7.04. The van der Waals surface area contributed by atoms with Crippen molar-refractivity contribution in [2.24, 2.45) is 5.10 Å². The van der Waals surface area contributed by atoms with Crippen LogP contribution in [-0.4, -0.2) is 20.8 Å². The summed E-state index contributed by atoms with van der Waals surface area (Å²) < 4.78 is 6.26. The minimum Gasteiger partial charge on any atom is -0.507 e. The van der Waals surface area contributed by atoms with Crippen molar-refractivity contribution in [1.29, 1.82) is 0 Å². The number of aromatic nitrogens is 1. The quantitative estimate of drug-likeness (QED) is 0.704. The Kier molecular flexibility index (Phi) is 3.76. The average Bonchev–Trinajstić information content (AvgIpc) is 3.14. The summed E-state index contributed by atoms with van der Waals surface area (Å²) in [5.74, 6) is 1.02. The molecule has 2 atom stereocenters. The second-order valence-electron chi connectivity index (χ2n) is 6.60. The van der Waals surface area contributed by atoms with Crippen LogP contribution in [-0.2, 0) is 0 Å². The number of phenolic OH excluding ortho intramolecular Hbond substituents is 1. The van der Waals surface area contributed by atoms with Crippen LogP contribution in [0.3, 0.4) is 0 Å². The number of fused-ring (bicyclic) bond motifs is 3. The summed E-state index contributed by atoms with van der Waals surface area (Å²) in [6.45, 7) is 0. The summed E-state index contributed by atoms with van der Waals surface area (Å²) >= 11 is 6.24. The smallest absolute Gasteiger partial charge is 0.215 e. The van der Waals surface area contributed by atoms with E-state index in [1.807, 2.05) is 47.5 Å². The van der Waals surface area contributed by atoms with E-state index in [1.165, 1.54) is 0 Å². The van der Waals surface area contributed by atoms with Gasteiger partial charge in [-0.1, -0.05) is 29.8 Å². The van der Waals surface area contributed by atoms with E-state index < -0.39 is 0 Å². The van der Waals surface area contributed by atoms with E-state index in [-0.39, 0.29) is 18.0 Å². The summed E-state index contributed by atoms with van der Waals surface area (Å²) in [5.41, 5.74) is 3.48. The summed E-state index contributed by atoms with van der Waals surface area (Å²) in [6.07, 6.45) is 3.79. The first-order valence-corrected chi connectivity index (χ1v) is 9.09. The van der Waals surface area contributed by atoms with Crippen LogP contribution in [0.2, 0.25) is 5.02 Å². The van der Waals surface area contributed by atoms with Gasteiger partial charge in [0.15, 0.2) is 0 Å². The third-order valence-corrected chi connectivity index (χ3v) is 5.17. The van der Waals surface area contributed by atoms with Crippen molar-refractivity contribution in [3.63, 3.8) is 0 Å². The first-order chi connectivity index (χ1) is 13.2. The van der Waals surface area contributed by atoms with Crippen LogP contribution in [0.4, 0.5) is 0 Å². The molecule has 1 N–H and O–H groups in total. The van der Waals surface area contributed by atoms with Crippen molar-refractivity contribution in [2.45, 2.75) is 18.7 Å². The Morgan fingerprint density at radius 2 is 2.00 bits per heavy atom. The largest absolute Gasteiger partial charge is 0.507 e. The monoisotopic (exact) mass is 377 g/mol. The molecule has 0 fully saturated rings. The molecule has 2 aliphatic rings.